The fourth-order valence-electron chi connectivity index (χ4n) is 1.84. The third kappa shape index (κ3) is 4.87. The first-order valence-electron chi connectivity index (χ1n) is 6.05. The smallest absolute Gasteiger partial charge is 0.191 e. The summed E-state index contributed by atoms with van der Waals surface area (Å²) in [4.78, 5) is 6.45. The number of morpholine rings is 1. The van der Waals surface area contributed by atoms with Gasteiger partial charge in [-0.3, -0.25) is 0 Å². The van der Waals surface area contributed by atoms with E-state index in [2.05, 4.69) is 4.99 Å². The second kappa shape index (κ2) is 8.21. The Hall–Kier alpha value is -1.02. The van der Waals surface area contributed by atoms with Gasteiger partial charge in [0.2, 0.25) is 0 Å². The first-order valence-corrected chi connectivity index (χ1v) is 6.05. The van der Waals surface area contributed by atoms with Crippen LogP contribution in [0.4, 0.5) is 0 Å². The SMILES string of the molecule is COc1cccc(CN=C(N)N2CCOCC2)c1.I. The largest absolute Gasteiger partial charge is 0.497 e. The molecule has 0 spiro atoms. The number of nitrogens with zero attached hydrogens (tertiary/aromatic N) is 2. The third-order valence-corrected chi connectivity index (χ3v) is 2.89. The highest BCUT2D eigenvalue weighted by molar-refractivity contribution is 14.0. The van der Waals surface area contributed by atoms with Crippen LogP contribution in [0.5, 0.6) is 5.75 Å². The molecule has 106 valence electrons. The summed E-state index contributed by atoms with van der Waals surface area (Å²) in [6.07, 6.45) is 0. The lowest BCUT2D eigenvalue weighted by atomic mass is 10.2. The van der Waals surface area contributed by atoms with E-state index in [-0.39, 0.29) is 24.0 Å². The molecule has 0 radical (unpaired) electrons. The van der Waals surface area contributed by atoms with Gasteiger partial charge in [0.25, 0.3) is 0 Å². The zero-order chi connectivity index (χ0) is 12.8. The normalized spacial score (nSPS) is 15.8. The molecule has 5 nitrogen and oxygen atoms in total. The summed E-state index contributed by atoms with van der Waals surface area (Å²) in [7, 11) is 1.66. The number of nitrogens with two attached hydrogens (primary N) is 1. The highest BCUT2D eigenvalue weighted by Gasteiger charge is 2.11. The molecule has 0 aliphatic carbocycles. The van der Waals surface area contributed by atoms with Crippen molar-refractivity contribution in [1.29, 1.82) is 0 Å². The van der Waals surface area contributed by atoms with Crippen molar-refractivity contribution < 1.29 is 9.47 Å². The molecule has 0 amide bonds. The lowest BCUT2D eigenvalue weighted by Crippen LogP contribution is -2.44. The van der Waals surface area contributed by atoms with Crippen LogP contribution in [0.1, 0.15) is 5.56 Å². The Balaban J connectivity index is 0.00000180. The summed E-state index contributed by atoms with van der Waals surface area (Å²) in [5.74, 6) is 1.42. The summed E-state index contributed by atoms with van der Waals surface area (Å²) in [6.45, 7) is 3.63. The van der Waals surface area contributed by atoms with E-state index in [9.17, 15) is 0 Å². The number of methoxy groups -OCH3 is 1. The second-order valence-corrected chi connectivity index (χ2v) is 4.13. The monoisotopic (exact) mass is 377 g/mol. The van der Waals surface area contributed by atoms with E-state index in [0.717, 1.165) is 37.6 Å². The topological polar surface area (TPSA) is 60.1 Å². The maximum Gasteiger partial charge on any atom is 0.191 e. The van der Waals surface area contributed by atoms with Crippen LogP contribution in [0.2, 0.25) is 0 Å². The molecule has 1 aromatic rings. The zero-order valence-corrected chi connectivity index (χ0v) is 13.4. The van der Waals surface area contributed by atoms with E-state index >= 15 is 0 Å². The summed E-state index contributed by atoms with van der Waals surface area (Å²) in [6, 6.07) is 7.85. The molecule has 6 heteroatoms. The van der Waals surface area contributed by atoms with Crippen LogP contribution in [0.3, 0.4) is 0 Å². The Bertz CT molecular complexity index is 420. The van der Waals surface area contributed by atoms with Crippen LogP contribution in [-0.2, 0) is 11.3 Å². The van der Waals surface area contributed by atoms with E-state index in [0.29, 0.717) is 12.5 Å². The summed E-state index contributed by atoms with van der Waals surface area (Å²) >= 11 is 0. The molecule has 1 aliphatic heterocycles. The van der Waals surface area contributed by atoms with Gasteiger partial charge in [-0.2, -0.15) is 0 Å². The standard InChI is InChI=1S/C13H19N3O2.HI/c1-17-12-4-2-3-11(9-12)10-15-13(14)16-5-7-18-8-6-16;/h2-4,9H,5-8,10H2,1H3,(H2,14,15);1H. The number of guanidine groups is 1. The molecule has 1 aromatic carbocycles. The Morgan fingerprint density at radius 2 is 2.16 bits per heavy atom. The lowest BCUT2D eigenvalue weighted by molar-refractivity contribution is 0.0674. The zero-order valence-electron chi connectivity index (χ0n) is 11.0. The Kier molecular flexibility index (Phi) is 6.93. The maximum atomic E-state index is 5.96. The molecule has 0 aromatic heterocycles. The minimum Gasteiger partial charge on any atom is -0.497 e. The molecule has 2 rings (SSSR count). The van der Waals surface area contributed by atoms with Crippen LogP contribution < -0.4 is 10.5 Å². The Labute approximate surface area is 130 Å². The summed E-state index contributed by atoms with van der Waals surface area (Å²) in [5.41, 5.74) is 7.04. The minimum absolute atomic E-state index is 0. The molecule has 0 atom stereocenters. The predicted octanol–water partition coefficient (Wildman–Crippen LogP) is 1.46. The van der Waals surface area contributed by atoms with Crippen LogP contribution in [0.15, 0.2) is 29.3 Å². The third-order valence-electron chi connectivity index (χ3n) is 2.89. The van der Waals surface area contributed by atoms with E-state index in [1.807, 2.05) is 29.2 Å². The molecular weight excluding hydrogens is 357 g/mol. The highest BCUT2D eigenvalue weighted by Crippen LogP contribution is 2.13. The number of halogens is 1. The average molecular weight is 377 g/mol. The minimum atomic E-state index is 0. The van der Waals surface area contributed by atoms with Gasteiger partial charge >= 0.3 is 0 Å². The molecule has 19 heavy (non-hydrogen) atoms. The molecule has 1 fully saturated rings. The number of aliphatic imine (C=N–C) groups is 1. The summed E-state index contributed by atoms with van der Waals surface area (Å²) in [5, 5.41) is 0. The van der Waals surface area contributed by atoms with Gasteiger partial charge in [0.05, 0.1) is 26.9 Å². The van der Waals surface area contributed by atoms with E-state index in [1.165, 1.54) is 0 Å². The van der Waals surface area contributed by atoms with Crippen molar-refractivity contribution in [3.8, 4) is 5.75 Å². The van der Waals surface area contributed by atoms with Gasteiger partial charge < -0.3 is 20.1 Å². The van der Waals surface area contributed by atoms with Crippen LogP contribution in [0, 0.1) is 0 Å². The molecule has 1 heterocycles. The first kappa shape index (κ1) is 16.0. The fraction of sp³-hybridized carbons (Fsp3) is 0.462. The first-order chi connectivity index (χ1) is 8.79. The van der Waals surface area contributed by atoms with Gasteiger partial charge in [-0.15, -0.1) is 24.0 Å². The van der Waals surface area contributed by atoms with Crippen molar-refractivity contribution in [3.05, 3.63) is 29.8 Å². The van der Waals surface area contributed by atoms with E-state index in [4.69, 9.17) is 15.2 Å². The lowest BCUT2D eigenvalue weighted by Gasteiger charge is -2.27. The summed E-state index contributed by atoms with van der Waals surface area (Å²) < 4.78 is 10.4. The number of ether oxygens (including phenoxy) is 2. The van der Waals surface area contributed by atoms with E-state index < -0.39 is 0 Å². The van der Waals surface area contributed by atoms with Gasteiger partial charge in [0.15, 0.2) is 5.96 Å². The van der Waals surface area contributed by atoms with Crippen LogP contribution in [0.25, 0.3) is 0 Å². The molecule has 1 saturated heterocycles. The molecular formula is C13H20IN3O2. The van der Waals surface area contributed by atoms with Crippen molar-refractivity contribution in [2.75, 3.05) is 33.4 Å². The molecule has 2 N–H and O–H groups in total. The number of hydrogen-bond acceptors (Lipinski definition) is 3. The molecule has 0 saturated carbocycles. The number of hydrogen-bond donors (Lipinski definition) is 1. The Morgan fingerprint density at radius 3 is 2.84 bits per heavy atom. The fourth-order valence-corrected chi connectivity index (χ4v) is 1.84. The number of rotatable bonds is 3. The van der Waals surface area contributed by atoms with Crippen molar-refractivity contribution in [1.82, 2.24) is 4.90 Å². The van der Waals surface area contributed by atoms with Crippen molar-refractivity contribution in [3.63, 3.8) is 0 Å². The van der Waals surface area contributed by atoms with Gasteiger partial charge in [0.1, 0.15) is 5.75 Å². The van der Waals surface area contributed by atoms with Gasteiger partial charge in [0, 0.05) is 13.1 Å². The van der Waals surface area contributed by atoms with Crippen molar-refractivity contribution in [2.45, 2.75) is 6.54 Å². The van der Waals surface area contributed by atoms with Crippen LogP contribution in [-0.4, -0.2) is 44.3 Å². The van der Waals surface area contributed by atoms with Gasteiger partial charge in [-0.05, 0) is 17.7 Å². The predicted molar refractivity (Wildman–Crippen MR) is 86.1 cm³/mol. The Morgan fingerprint density at radius 1 is 1.42 bits per heavy atom. The van der Waals surface area contributed by atoms with Crippen molar-refractivity contribution in [2.24, 2.45) is 10.7 Å². The highest BCUT2D eigenvalue weighted by atomic mass is 127. The quantitative estimate of drug-likeness (QED) is 0.492. The van der Waals surface area contributed by atoms with Gasteiger partial charge in [-0.1, -0.05) is 12.1 Å². The second-order valence-electron chi connectivity index (χ2n) is 4.13. The molecule has 0 unspecified atom stereocenters. The van der Waals surface area contributed by atoms with E-state index in [1.54, 1.807) is 7.11 Å². The number of benzene rings is 1. The van der Waals surface area contributed by atoms with Gasteiger partial charge in [-0.25, -0.2) is 4.99 Å². The maximum absolute atomic E-state index is 5.96. The van der Waals surface area contributed by atoms with Crippen LogP contribution >= 0.6 is 24.0 Å². The average Bonchev–Trinajstić information content (AvgIpc) is 2.46. The van der Waals surface area contributed by atoms with Crippen molar-refractivity contribution >= 4 is 29.9 Å². The molecule has 1 aliphatic rings. The molecule has 0 bridgehead atoms.